The molecule has 0 fully saturated rings. The number of aromatic nitrogens is 1. The van der Waals surface area contributed by atoms with E-state index in [1.165, 1.54) is 0 Å². The second-order valence-electron chi connectivity index (χ2n) is 6.71. The van der Waals surface area contributed by atoms with Crippen LogP contribution in [0, 0.1) is 0 Å². The van der Waals surface area contributed by atoms with Crippen molar-refractivity contribution < 1.29 is 19.1 Å². The van der Waals surface area contributed by atoms with Gasteiger partial charge in [-0.2, -0.15) is 0 Å². The third-order valence-corrected chi connectivity index (χ3v) is 5.98. The predicted octanol–water partition coefficient (Wildman–Crippen LogP) is 4.00. The van der Waals surface area contributed by atoms with Gasteiger partial charge in [0.25, 0.3) is 5.91 Å². The highest BCUT2D eigenvalue weighted by atomic mass is 32.1. The first-order chi connectivity index (χ1) is 14.0. The summed E-state index contributed by atoms with van der Waals surface area (Å²) >= 11 is 1.56. The monoisotopic (exact) mass is 412 g/mol. The number of amides is 1. The van der Waals surface area contributed by atoms with Gasteiger partial charge in [0.15, 0.2) is 6.61 Å². The number of benzene rings is 2. The molecule has 1 atom stereocenters. The number of hydrogen-bond donors (Lipinski definition) is 0. The zero-order valence-electron chi connectivity index (χ0n) is 16.8. The lowest BCUT2D eigenvalue weighted by molar-refractivity contribution is -0.152. The number of ether oxygens (including phenoxy) is 2. The Morgan fingerprint density at radius 2 is 1.86 bits per heavy atom. The minimum atomic E-state index is -0.393. The Labute approximate surface area is 174 Å². The molecule has 0 saturated heterocycles. The molecule has 152 valence electrons. The van der Waals surface area contributed by atoms with E-state index in [9.17, 15) is 9.59 Å². The maximum absolute atomic E-state index is 12.4. The molecule has 0 unspecified atom stereocenters. The van der Waals surface area contributed by atoms with Crippen LogP contribution in [0.4, 0.5) is 0 Å². The molecule has 3 aromatic rings. The molecule has 0 N–H and O–H groups in total. The lowest BCUT2D eigenvalue weighted by atomic mass is 10.1. The summed E-state index contributed by atoms with van der Waals surface area (Å²) in [5, 5.41) is 0.855. The lowest BCUT2D eigenvalue weighted by Gasteiger charge is -2.23. The molecule has 0 bridgehead atoms. The van der Waals surface area contributed by atoms with Crippen LogP contribution >= 0.6 is 11.3 Å². The third-order valence-electron chi connectivity index (χ3n) is 4.78. The van der Waals surface area contributed by atoms with Crippen LogP contribution in [0.3, 0.4) is 0 Å². The van der Waals surface area contributed by atoms with Crippen LogP contribution < -0.4 is 4.74 Å². The van der Waals surface area contributed by atoms with Crippen LogP contribution in [-0.4, -0.2) is 42.5 Å². The van der Waals surface area contributed by atoms with Gasteiger partial charge >= 0.3 is 5.97 Å². The van der Waals surface area contributed by atoms with Crippen molar-refractivity contribution in [2.45, 2.75) is 25.8 Å². The first kappa shape index (κ1) is 20.8. The fourth-order valence-corrected chi connectivity index (χ4v) is 3.87. The molecule has 0 aliphatic heterocycles. The van der Waals surface area contributed by atoms with Gasteiger partial charge in [0, 0.05) is 13.5 Å². The number of likely N-dealkylation sites (N-methyl/N-ethyl adjacent to an activating group) is 1. The second kappa shape index (κ2) is 9.52. The second-order valence-corrected chi connectivity index (χ2v) is 7.77. The number of carbonyl (C=O) groups is 2. The first-order valence-corrected chi connectivity index (χ1v) is 10.2. The Hall–Kier alpha value is -2.93. The van der Waals surface area contributed by atoms with E-state index in [2.05, 4.69) is 4.98 Å². The fourth-order valence-electron chi connectivity index (χ4n) is 2.81. The Morgan fingerprint density at radius 3 is 2.55 bits per heavy atom. The number of thiazole rings is 1. The van der Waals surface area contributed by atoms with Gasteiger partial charge < -0.3 is 14.4 Å². The number of aryl methyl sites for hydroxylation is 1. The number of esters is 1. The summed E-state index contributed by atoms with van der Waals surface area (Å²) < 4.78 is 11.4. The summed E-state index contributed by atoms with van der Waals surface area (Å²) in [6, 6.07) is 15.2. The quantitative estimate of drug-likeness (QED) is 0.523. The summed E-state index contributed by atoms with van der Waals surface area (Å²) in [6.07, 6.45) is 0.770. The average Bonchev–Trinajstić information content (AvgIpc) is 3.19. The van der Waals surface area contributed by atoms with Crippen LogP contribution in [0.2, 0.25) is 0 Å². The zero-order chi connectivity index (χ0) is 20.8. The Kier molecular flexibility index (Phi) is 6.82. The van der Waals surface area contributed by atoms with E-state index in [4.69, 9.17) is 9.47 Å². The summed E-state index contributed by atoms with van der Waals surface area (Å²) in [7, 11) is 3.31. The van der Waals surface area contributed by atoms with Crippen molar-refractivity contribution in [2.24, 2.45) is 0 Å². The van der Waals surface area contributed by atoms with Crippen LogP contribution in [0.25, 0.3) is 10.2 Å². The zero-order valence-corrected chi connectivity index (χ0v) is 17.6. The Bertz CT molecular complexity index is 951. The van der Waals surface area contributed by atoms with Gasteiger partial charge in [-0.25, -0.2) is 4.98 Å². The molecule has 29 heavy (non-hydrogen) atoms. The highest BCUT2D eigenvalue weighted by Gasteiger charge is 2.21. The van der Waals surface area contributed by atoms with Gasteiger partial charge in [-0.15, -0.1) is 11.3 Å². The molecule has 2 aromatic carbocycles. The minimum absolute atomic E-state index is 0.196. The number of carbonyl (C=O) groups excluding carboxylic acids is 2. The van der Waals surface area contributed by atoms with E-state index >= 15 is 0 Å². The molecular formula is C22H24N2O4S. The standard InChI is InChI=1S/C22H24N2O4S/c1-15(22-23-18-6-4-5-7-19(18)29-22)24(2)20(25)14-28-21(26)13-10-16-8-11-17(27-3)12-9-16/h4-9,11-12,15H,10,13-14H2,1-3H3/t15-/m1/s1. The molecule has 6 nitrogen and oxygen atoms in total. The molecule has 1 heterocycles. The van der Waals surface area contributed by atoms with Gasteiger partial charge in [0.2, 0.25) is 0 Å². The first-order valence-electron chi connectivity index (χ1n) is 9.37. The molecule has 0 spiro atoms. The summed E-state index contributed by atoms with van der Waals surface area (Å²) in [4.78, 5) is 30.6. The minimum Gasteiger partial charge on any atom is -0.497 e. The number of methoxy groups -OCH3 is 1. The topological polar surface area (TPSA) is 68.7 Å². The van der Waals surface area contributed by atoms with Gasteiger partial charge in [0.05, 0.1) is 23.4 Å². The van der Waals surface area contributed by atoms with E-state index < -0.39 is 5.97 Å². The van der Waals surface area contributed by atoms with Crippen molar-refractivity contribution in [3.63, 3.8) is 0 Å². The largest absolute Gasteiger partial charge is 0.497 e. The molecule has 7 heteroatoms. The maximum Gasteiger partial charge on any atom is 0.306 e. The molecule has 3 rings (SSSR count). The number of rotatable bonds is 8. The van der Waals surface area contributed by atoms with Crippen LogP contribution in [-0.2, 0) is 20.7 Å². The Balaban J connectivity index is 1.47. The van der Waals surface area contributed by atoms with Crippen LogP contribution in [0.15, 0.2) is 48.5 Å². The number of hydrogen-bond acceptors (Lipinski definition) is 6. The van der Waals surface area contributed by atoms with Crippen molar-refractivity contribution in [3.05, 3.63) is 59.1 Å². The van der Waals surface area contributed by atoms with Crippen LogP contribution in [0.1, 0.15) is 30.0 Å². The normalized spacial score (nSPS) is 11.8. The van der Waals surface area contributed by atoms with Crippen molar-refractivity contribution >= 4 is 33.4 Å². The summed E-state index contributed by atoms with van der Waals surface area (Å²) in [6.45, 7) is 1.65. The van der Waals surface area contributed by atoms with Gasteiger partial charge in [-0.05, 0) is 43.2 Å². The molecule has 0 aliphatic rings. The van der Waals surface area contributed by atoms with E-state index in [-0.39, 0.29) is 25.0 Å². The maximum atomic E-state index is 12.4. The van der Waals surface area contributed by atoms with E-state index in [0.717, 1.165) is 26.5 Å². The molecule has 1 aromatic heterocycles. The number of para-hydroxylation sites is 1. The molecule has 1 amide bonds. The number of nitrogens with zero attached hydrogens (tertiary/aromatic N) is 2. The van der Waals surface area contributed by atoms with E-state index in [1.807, 2.05) is 55.5 Å². The van der Waals surface area contributed by atoms with Crippen molar-refractivity contribution in [1.29, 1.82) is 0 Å². The smallest absolute Gasteiger partial charge is 0.306 e. The SMILES string of the molecule is COc1ccc(CCC(=O)OCC(=O)N(C)[C@H](C)c2nc3ccccc3s2)cc1. The van der Waals surface area contributed by atoms with Gasteiger partial charge in [0.1, 0.15) is 10.8 Å². The van der Waals surface area contributed by atoms with Gasteiger partial charge in [-0.3, -0.25) is 9.59 Å². The predicted molar refractivity (Wildman–Crippen MR) is 113 cm³/mol. The molecular weight excluding hydrogens is 388 g/mol. The van der Waals surface area contributed by atoms with Crippen molar-refractivity contribution in [1.82, 2.24) is 9.88 Å². The molecule has 0 aliphatic carbocycles. The lowest BCUT2D eigenvalue weighted by Crippen LogP contribution is -2.33. The van der Waals surface area contributed by atoms with Crippen molar-refractivity contribution in [2.75, 3.05) is 20.8 Å². The van der Waals surface area contributed by atoms with Crippen molar-refractivity contribution in [3.8, 4) is 5.75 Å². The number of fused-ring (bicyclic) bond motifs is 1. The van der Waals surface area contributed by atoms with E-state index in [0.29, 0.717) is 6.42 Å². The van der Waals surface area contributed by atoms with E-state index in [1.54, 1.807) is 30.4 Å². The highest BCUT2D eigenvalue weighted by Crippen LogP contribution is 2.28. The van der Waals surface area contributed by atoms with Gasteiger partial charge in [-0.1, -0.05) is 24.3 Å². The highest BCUT2D eigenvalue weighted by molar-refractivity contribution is 7.18. The molecule has 0 saturated carbocycles. The van der Waals surface area contributed by atoms with Crippen LogP contribution in [0.5, 0.6) is 5.75 Å². The Morgan fingerprint density at radius 1 is 1.14 bits per heavy atom. The average molecular weight is 413 g/mol. The molecule has 0 radical (unpaired) electrons. The fraction of sp³-hybridized carbons (Fsp3) is 0.318. The summed E-state index contributed by atoms with van der Waals surface area (Å²) in [5.74, 6) is 0.122. The third kappa shape index (κ3) is 5.32. The summed E-state index contributed by atoms with van der Waals surface area (Å²) in [5.41, 5.74) is 1.93.